The van der Waals surface area contributed by atoms with Gasteiger partial charge >= 0.3 is 0 Å². The van der Waals surface area contributed by atoms with Crippen molar-refractivity contribution >= 4 is 0 Å². The van der Waals surface area contributed by atoms with E-state index in [0.29, 0.717) is 0 Å². The Bertz CT molecular complexity index is 226. The molecule has 11 heavy (non-hydrogen) atoms. The first-order chi connectivity index (χ1) is 5.29. The molecule has 0 aliphatic rings. The SMILES string of the molecule is COc1[c]ccc(OC)c1F. The van der Waals surface area contributed by atoms with E-state index in [1.54, 1.807) is 6.07 Å². The van der Waals surface area contributed by atoms with E-state index < -0.39 is 5.82 Å². The van der Waals surface area contributed by atoms with Gasteiger partial charge in [-0.15, -0.1) is 0 Å². The van der Waals surface area contributed by atoms with Crippen molar-refractivity contribution < 1.29 is 13.9 Å². The van der Waals surface area contributed by atoms with Gasteiger partial charge in [0.25, 0.3) is 0 Å². The number of hydrogen-bond donors (Lipinski definition) is 0. The van der Waals surface area contributed by atoms with Crippen LogP contribution in [0.25, 0.3) is 0 Å². The predicted molar refractivity (Wildman–Crippen MR) is 38.3 cm³/mol. The quantitative estimate of drug-likeness (QED) is 0.646. The molecule has 0 aliphatic carbocycles. The van der Waals surface area contributed by atoms with Crippen molar-refractivity contribution in [3.63, 3.8) is 0 Å². The average molecular weight is 155 g/mol. The van der Waals surface area contributed by atoms with Crippen molar-refractivity contribution in [3.8, 4) is 11.5 Å². The minimum atomic E-state index is -0.516. The van der Waals surface area contributed by atoms with Crippen molar-refractivity contribution in [2.45, 2.75) is 0 Å². The van der Waals surface area contributed by atoms with E-state index in [1.807, 2.05) is 0 Å². The lowest BCUT2D eigenvalue weighted by Gasteiger charge is -2.04. The Morgan fingerprint density at radius 1 is 1.36 bits per heavy atom. The summed E-state index contributed by atoms with van der Waals surface area (Å²) in [4.78, 5) is 0. The van der Waals surface area contributed by atoms with Crippen LogP contribution in [0.15, 0.2) is 12.1 Å². The Balaban J connectivity index is 3.10. The third-order valence-corrected chi connectivity index (χ3v) is 1.29. The van der Waals surface area contributed by atoms with Crippen LogP contribution in [-0.4, -0.2) is 14.2 Å². The molecule has 0 amide bonds. The van der Waals surface area contributed by atoms with E-state index in [-0.39, 0.29) is 11.5 Å². The first-order valence-electron chi connectivity index (χ1n) is 3.07. The number of benzene rings is 1. The molecular weight excluding hydrogens is 147 g/mol. The molecule has 0 aliphatic heterocycles. The zero-order valence-electron chi connectivity index (χ0n) is 6.35. The molecule has 0 saturated carbocycles. The van der Waals surface area contributed by atoms with Gasteiger partial charge in [0.15, 0.2) is 11.5 Å². The van der Waals surface area contributed by atoms with Gasteiger partial charge in [-0.05, 0) is 12.1 Å². The lowest BCUT2D eigenvalue weighted by Crippen LogP contribution is -1.92. The van der Waals surface area contributed by atoms with Gasteiger partial charge in [-0.25, -0.2) is 0 Å². The van der Waals surface area contributed by atoms with E-state index in [1.165, 1.54) is 20.3 Å². The number of methoxy groups -OCH3 is 2. The fraction of sp³-hybridized carbons (Fsp3) is 0.250. The summed E-state index contributed by atoms with van der Waals surface area (Å²) in [5, 5.41) is 0. The van der Waals surface area contributed by atoms with Gasteiger partial charge in [-0.3, -0.25) is 0 Å². The van der Waals surface area contributed by atoms with Crippen LogP contribution in [0.5, 0.6) is 11.5 Å². The summed E-state index contributed by atoms with van der Waals surface area (Å²) in [5.41, 5.74) is 0. The van der Waals surface area contributed by atoms with Gasteiger partial charge in [0.1, 0.15) is 0 Å². The molecule has 0 aromatic heterocycles. The lowest BCUT2D eigenvalue weighted by molar-refractivity contribution is 0.350. The Hall–Kier alpha value is -1.25. The highest BCUT2D eigenvalue weighted by molar-refractivity contribution is 5.34. The molecule has 1 aromatic rings. The molecular formula is C8H8FO2. The Kier molecular flexibility index (Phi) is 2.31. The average Bonchev–Trinajstić information content (AvgIpc) is 2.05. The van der Waals surface area contributed by atoms with E-state index >= 15 is 0 Å². The van der Waals surface area contributed by atoms with Crippen LogP contribution in [0.2, 0.25) is 0 Å². The molecule has 0 bridgehead atoms. The molecule has 0 heterocycles. The van der Waals surface area contributed by atoms with Gasteiger partial charge in [0, 0.05) is 6.07 Å². The zero-order chi connectivity index (χ0) is 8.27. The van der Waals surface area contributed by atoms with E-state index in [0.717, 1.165) is 0 Å². The smallest absolute Gasteiger partial charge is 0.207 e. The standard InChI is InChI=1S/C8H8FO2/c1-10-6-4-3-5-7(11-2)8(6)9/h3-4H,1-2H3. The maximum absolute atomic E-state index is 13.0. The topological polar surface area (TPSA) is 18.5 Å². The zero-order valence-corrected chi connectivity index (χ0v) is 6.35. The molecule has 0 spiro atoms. The molecule has 1 aromatic carbocycles. The second kappa shape index (κ2) is 3.23. The molecule has 2 nitrogen and oxygen atoms in total. The Morgan fingerprint density at radius 2 is 2.09 bits per heavy atom. The maximum atomic E-state index is 13.0. The molecule has 3 heteroatoms. The fourth-order valence-electron chi connectivity index (χ4n) is 0.748. The summed E-state index contributed by atoms with van der Waals surface area (Å²) in [7, 11) is 2.78. The number of hydrogen-bond acceptors (Lipinski definition) is 2. The third kappa shape index (κ3) is 1.42. The molecule has 1 radical (unpaired) electrons. The van der Waals surface area contributed by atoms with Crippen molar-refractivity contribution in [2.75, 3.05) is 14.2 Å². The number of ether oxygens (including phenoxy) is 2. The minimum absolute atomic E-state index is 0.0735. The van der Waals surface area contributed by atoms with E-state index in [9.17, 15) is 4.39 Å². The molecule has 0 fully saturated rings. The van der Waals surface area contributed by atoms with Crippen LogP contribution in [-0.2, 0) is 0 Å². The summed E-state index contributed by atoms with van der Waals surface area (Å²) >= 11 is 0. The van der Waals surface area contributed by atoms with Crippen LogP contribution in [0.3, 0.4) is 0 Å². The highest BCUT2D eigenvalue weighted by Crippen LogP contribution is 2.24. The Morgan fingerprint density at radius 3 is 2.64 bits per heavy atom. The number of rotatable bonds is 2. The Labute approximate surface area is 64.6 Å². The van der Waals surface area contributed by atoms with E-state index in [4.69, 9.17) is 4.74 Å². The van der Waals surface area contributed by atoms with Gasteiger partial charge < -0.3 is 9.47 Å². The van der Waals surface area contributed by atoms with Gasteiger partial charge in [-0.2, -0.15) is 4.39 Å². The summed E-state index contributed by atoms with van der Waals surface area (Å²) < 4.78 is 22.4. The number of halogens is 1. The summed E-state index contributed by atoms with van der Waals surface area (Å²) in [6.45, 7) is 0. The third-order valence-electron chi connectivity index (χ3n) is 1.29. The summed E-state index contributed by atoms with van der Waals surface area (Å²) in [6, 6.07) is 5.61. The monoisotopic (exact) mass is 155 g/mol. The van der Waals surface area contributed by atoms with Crippen LogP contribution < -0.4 is 9.47 Å². The molecule has 59 valence electrons. The van der Waals surface area contributed by atoms with Crippen molar-refractivity contribution in [3.05, 3.63) is 24.0 Å². The maximum Gasteiger partial charge on any atom is 0.207 e. The highest BCUT2D eigenvalue weighted by Gasteiger charge is 2.07. The summed E-state index contributed by atoms with van der Waals surface area (Å²) in [5.74, 6) is -0.276. The normalized spacial score (nSPS) is 9.36. The summed E-state index contributed by atoms with van der Waals surface area (Å²) in [6.07, 6.45) is 0. The molecule has 0 atom stereocenters. The lowest BCUT2D eigenvalue weighted by atomic mass is 10.3. The predicted octanol–water partition coefficient (Wildman–Crippen LogP) is 1.64. The molecule has 0 unspecified atom stereocenters. The largest absolute Gasteiger partial charge is 0.494 e. The molecule has 0 saturated heterocycles. The van der Waals surface area contributed by atoms with Crippen LogP contribution in [0.4, 0.5) is 4.39 Å². The van der Waals surface area contributed by atoms with Crippen LogP contribution in [0, 0.1) is 11.9 Å². The second-order valence-electron chi connectivity index (χ2n) is 1.89. The van der Waals surface area contributed by atoms with Gasteiger partial charge in [0.2, 0.25) is 5.82 Å². The van der Waals surface area contributed by atoms with Gasteiger partial charge in [0.05, 0.1) is 14.2 Å². The van der Waals surface area contributed by atoms with Crippen molar-refractivity contribution in [1.82, 2.24) is 0 Å². The van der Waals surface area contributed by atoms with Crippen molar-refractivity contribution in [2.24, 2.45) is 0 Å². The van der Waals surface area contributed by atoms with E-state index in [2.05, 4.69) is 10.8 Å². The van der Waals surface area contributed by atoms with Crippen LogP contribution in [0.1, 0.15) is 0 Å². The molecule has 1 rings (SSSR count). The second-order valence-corrected chi connectivity index (χ2v) is 1.89. The van der Waals surface area contributed by atoms with Gasteiger partial charge in [-0.1, -0.05) is 0 Å². The fourth-order valence-corrected chi connectivity index (χ4v) is 0.748. The first kappa shape index (κ1) is 7.85. The van der Waals surface area contributed by atoms with Crippen LogP contribution >= 0.6 is 0 Å². The van der Waals surface area contributed by atoms with Crippen molar-refractivity contribution in [1.29, 1.82) is 0 Å². The first-order valence-corrected chi connectivity index (χ1v) is 3.07. The molecule has 0 N–H and O–H groups in total. The minimum Gasteiger partial charge on any atom is -0.494 e. The highest BCUT2D eigenvalue weighted by atomic mass is 19.1.